The van der Waals surface area contributed by atoms with E-state index in [1.807, 2.05) is 37.3 Å². The van der Waals surface area contributed by atoms with Crippen LogP contribution in [0.15, 0.2) is 48.5 Å². The van der Waals surface area contributed by atoms with Gasteiger partial charge in [0.05, 0.1) is 11.3 Å². The van der Waals surface area contributed by atoms with E-state index in [0.29, 0.717) is 10.6 Å². The van der Waals surface area contributed by atoms with Gasteiger partial charge in [0.1, 0.15) is 11.1 Å². The van der Waals surface area contributed by atoms with Crippen LogP contribution in [0.3, 0.4) is 0 Å². The normalized spacial score (nSPS) is 11.3. The van der Waals surface area contributed by atoms with Crippen molar-refractivity contribution in [1.29, 1.82) is 5.26 Å². The Morgan fingerprint density at radius 3 is 2.38 bits per heavy atom. The van der Waals surface area contributed by atoms with Crippen LogP contribution in [0.4, 0.5) is 0 Å². The van der Waals surface area contributed by atoms with Crippen LogP contribution < -0.4 is 0 Å². The molecule has 2 aromatic carbocycles. The molecule has 118 valence electrons. The second-order valence-electron chi connectivity index (χ2n) is 5.51. The van der Waals surface area contributed by atoms with E-state index in [1.54, 1.807) is 11.3 Å². The Morgan fingerprint density at radius 1 is 1.08 bits per heavy atom. The minimum Gasteiger partial charge on any atom is -0.235 e. The van der Waals surface area contributed by atoms with Crippen molar-refractivity contribution in [3.63, 3.8) is 0 Å². The lowest BCUT2D eigenvalue weighted by atomic mass is 10.1. The number of aromatic nitrogens is 1. The molecule has 0 bridgehead atoms. The van der Waals surface area contributed by atoms with E-state index in [9.17, 15) is 5.26 Å². The predicted molar refractivity (Wildman–Crippen MR) is 102 cm³/mol. The van der Waals surface area contributed by atoms with Gasteiger partial charge in [-0.15, -0.1) is 11.3 Å². The molecule has 0 unspecified atom stereocenters. The van der Waals surface area contributed by atoms with E-state index >= 15 is 0 Å². The zero-order chi connectivity index (χ0) is 17.1. The number of benzene rings is 2. The molecule has 3 aromatic rings. The van der Waals surface area contributed by atoms with Crippen LogP contribution in [-0.2, 0) is 0 Å². The summed E-state index contributed by atoms with van der Waals surface area (Å²) >= 11 is 7.45. The second kappa shape index (κ2) is 7.00. The molecule has 0 radical (unpaired) electrons. The number of hydrogen-bond donors (Lipinski definition) is 0. The molecular weight excluding hydrogens is 336 g/mol. The number of aryl methyl sites for hydroxylation is 2. The van der Waals surface area contributed by atoms with Crippen molar-refractivity contribution in [3.8, 4) is 17.3 Å². The van der Waals surface area contributed by atoms with Crippen LogP contribution in [0.5, 0.6) is 0 Å². The first-order valence-electron chi connectivity index (χ1n) is 7.49. The molecule has 0 fully saturated rings. The predicted octanol–water partition coefficient (Wildman–Crippen LogP) is 6.14. The third kappa shape index (κ3) is 3.56. The SMILES string of the molecule is Cc1ccc(-c2nc(/C(C#N)=C\c3ccc(Cl)cc3)sc2C)cc1. The van der Waals surface area contributed by atoms with Gasteiger partial charge < -0.3 is 0 Å². The van der Waals surface area contributed by atoms with Gasteiger partial charge in [-0.05, 0) is 37.6 Å². The highest BCUT2D eigenvalue weighted by molar-refractivity contribution is 7.13. The lowest BCUT2D eigenvalue weighted by molar-refractivity contribution is 1.34. The molecule has 0 saturated carbocycles. The lowest BCUT2D eigenvalue weighted by Crippen LogP contribution is -1.84. The molecule has 1 aromatic heterocycles. The van der Waals surface area contributed by atoms with Crippen LogP contribution >= 0.6 is 22.9 Å². The molecule has 0 aliphatic carbocycles. The Kier molecular flexibility index (Phi) is 4.80. The molecule has 0 aliphatic heterocycles. The van der Waals surface area contributed by atoms with Crippen LogP contribution in [0, 0.1) is 25.2 Å². The van der Waals surface area contributed by atoms with Crippen LogP contribution in [0.1, 0.15) is 21.0 Å². The maximum Gasteiger partial charge on any atom is 0.134 e. The molecule has 24 heavy (non-hydrogen) atoms. The topological polar surface area (TPSA) is 36.7 Å². The quantitative estimate of drug-likeness (QED) is 0.531. The zero-order valence-electron chi connectivity index (χ0n) is 13.4. The molecule has 0 aliphatic rings. The van der Waals surface area contributed by atoms with Gasteiger partial charge in [0.2, 0.25) is 0 Å². The van der Waals surface area contributed by atoms with Gasteiger partial charge in [-0.2, -0.15) is 5.26 Å². The minimum atomic E-state index is 0.559. The number of allylic oxidation sites excluding steroid dienone is 1. The second-order valence-corrected chi connectivity index (χ2v) is 7.15. The fourth-order valence-electron chi connectivity index (χ4n) is 2.36. The third-order valence-electron chi connectivity index (χ3n) is 3.65. The minimum absolute atomic E-state index is 0.559. The van der Waals surface area contributed by atoms with E-state index in [4.69, 9.17) is 16.6 Å². The summed E-state index contributed by atoms with van der Waals surface area (Å²) < 4.78 is 0. The van der Waals surface area contributed by atoms with Gasteiger partial charge in [-0.3, -0.25) is 0 Å². The lowest BCUT2D eigenvalue weighted by Gasteiger charge is -1.99. The number of halogens is 1. The maximum absolute atomic E-state index is 9.52. The van der Waals surface area contributed by atoms with E-state index < -0.39 is 0 Å². The van der Waals surface area contributed by atoms with Crippen molar-refractivity contribution in [2.24, 2.45) is 0 Å². The Bertz CT molecular complexity index is 929. The Hall–Kier alpha value is -2.41. The largest absolute Gasteiger partial charge is 0.235 e. The molecule has 3 rings (SSSR count). The number of thiazole rings is 1. The van der Waals surface area contributed by atoms with Crippen LogP contribution in [0.2, 0.25) is 5.02 Å². The number of hydrogen-bond acceptors (Lipinski definition) is 3. The van der Waals surface area contributed by atoms with Crippen LogP contribution in [0.25, 0.3) is 22.9 Å². The molecule has 0 atom stereocenters. The average Bonchev–Trinajstić information content (AvgIpc) is 2.96. The third-order valence-corrected chi connectivity index (χ3v) is 4.91. The monoisotopic (exact) mass is 350 g/mol. The molecular formula is C20H15ClN2S. The summed E-state index contributed by atoms with van der Waals surface area (Å²) in [6.07, 6.45) is 1.84. The maximum atomic E-state index is 9.52. The van der Waals surface area contributed by atoms with E-state index in [2.05, 4.69) is 37.3 Å². The smallest absolute Gasteiger partial charge is 0.134 e. The average molecular weight is 351 g/mol. The summed E-state index contributed by atoms with van der Waals surface area (Å²) in [5.74, 6) is 0. The summed E-state index contributed by atoms with van der Waals surface area (Å²) in [6, 6.07) is 17.9. The highest BCUT2D eigenvalue weighted by atomic mass is 35.5. The van der Waals surface area contributed by atoms with Gasteiger partial charge >= 0.3 is 0 Å². The molecule has 0 spiro atoms. The van der Waals surface area contributed by atoms with Gasteiger partial charge in [-0.25, -0.2) is 4.98 Å². The van der Waals surface area contributed by atoms with E-state index in [-0.39, 0.29) is 0 Å². The first kappa shape index (κ1) is 16.4. The highest BCUT2D eigenvalue weighted by Gasteiger charge is 2.13. The van der Waals surface area contributed by atoms with Gasteiger partial charge in [0.25, 0.3) is 0 Å². The summed E-state index contributed by atoms with van der Waals surface area (Å²) in [5.41, 5.74) is 4.72. The Morgan fingerprint density at radius 2 is 1.75 bits per heavy atom. The van der Waals surface area contributed by atoms with Crippen molar-refractivity contribution in [2.45, 2.75) is 13.8 Å². The van der Waals surface area contributed by atoms with Crippen molar-refractivity contribution in [2.75, 3.05) is 0 Å². The molecule has 0 saturated heterocycles. The molecule has 0 N–H and O–H groups in total. The molecule has 1 heterocycles. The number of nitrogens with zero attached hydrogens (tertiary/aromatic N) is 2. The van der Waals surface area contributed by atoms with E-state index in [1.165, 1.54) is 5.56 Å². The fourth-order valence-corrected chi connectivity index (χ4v) is 3.39. The van der Waals surface area contributed by atoms with Gasteiger partial charge in [0.15, 0.2) is 0 Å². The van der Waals surface area contributed by atoms with Crippen molar-refractivity contribution in [1.82, 2.24) is 4.98 Å². The molecule has 2 nitrogen and oxygen atoms in total. The summed E-state index contributed by atoms with van der Waals surface area (Å²) in [4.78, 5) is 5.80. The van der Waals surface area contributed by atoms with Crippen molar-refractivity contribution < 1.29 is 0 Å². The molecule has 4 heteroatoms. The summed E-state index contributed by atoms with van der Waals surface area (Å²) in [5, 5.41) is 10.9. The number of rotatable bonds is 3. The van der Waals surface area contributed by atoms with Crippen LogP contribution in [-0.4, -0.2) is 4.98 Å². The summed E-state index contributed by atoms with van der Waals surface area (Å²) in [6.45, 7) is 4.10. The van der Waals surface area contributed by atoms with Crippen molar-refractivity contribution in [3.05, 3.63) is 74.6 Å². The zero-order valence-corrected chi connectivity index (χ0v) is 14.9. The van der Waals surface area contributed by atoms with Crippen molar-refractivity contribution >= 4 is 34.6 Å². The Labute approximate surface area is 150 Å². The Balaban J connectivity index is 1.99. The van der Waals surface area contributed by atoms with Gasteiger partial charge in [0, 0.05) is 15.5 Å². The van der Waals surface area contributed by atoms with Gasteiger partial charge in [-0.1, -0.05) is 53.6 Å². The highest BCUT2D eigenvalue weighted by Crippen LogP contribution is 2.31. The molecule has 0 amide bonds. The first-order valence-corrected chi connectivity index (χ1v) is 8.68. The number of nitriles is 1. The fraction of sp³-hybridized carbons (Fsp3) is 0.100. The van der Waals surface area contributed by atoms with E-state index in [0.717, 1.165) is 26.7 Å². The first-order chi connectivity index (χ1) is 11.6. The summed E-state index contributed by atoms with van der Waals surface area (Å²) in [7, 11) is 0. The standard InChI is InChI=1S/C20H15ClN2S/c1-13-3-7-16(8-4-13)19-14(2)24-20(23-19)17(12-22)11-15-5-9-18(21)10-6-15/h3-11H,1-2H3/b17-11-.